The maximum absolute atomic E-state index is 11.8. The van der Waals surface area contributed by atoms with E-state index >= 15 is 0 Å². The van der Waals surface area contributed by atoms with E-state index in [-0.39, 0.29) is 22.8 Å². The molecule has 0 saturated heterocycles. The van der Waals surface area contributed by atoms with Crippen molar-refractivity contribution in [3.05, 3.63) is 81.9 Å². The fourth-order valence-electron chi connectivity index (χ4n) is 3.94. The molecule has 3 aromatic rings. The van der Waals surface area contributed by atoms with Gasteiger partial charge in [0.2, 0.25) is 0 Å². The van der Waals surface area contributed by atoms with E-state index in [0.29, 0.717) is 33.6 Å². The molecule has 1 unspecified atom stereocenters. The summed E-state index contributed by atoms with van der Waals surface area (Å²) in [5.74, 6) is 0.208. The molecule has 0 aliphatic carbocycles. The summed E-state index contributed by atoms with van der Waals surface area (Å²) in [5.41, 5.74) is 1.12. The number of carbonyl (C=O) groups excluding carboxylic acids is 1. The number of hydrogen-bond donors (Lipinski definition) is 2. The number of ether oxygens (including phenoxy) is 2. The van der Waals surface area contributed by atoms with Gasteiger partial charge in [-0.15, -0.1) is 0 Å². The summed E-state index contributed by atoms with van der Waals surface area (Å²) >= 11 is 0. The zero-order chi connectivity index (χ0) is 20.8. The van der Waals surface area contributed by atoms with Gasteiger partial charge in [-0.1, -0.05) is 24.3 Å². The standard InChI is InChI=1S/C23H17NO5/c1-13-19(26)9-7-17-21(13)29-22-15(11-24)20(27)10-8-18(22)23(17,28-2)16-6-4-3-5-14(16)12-25/h3-10,12,26-27H,1-2H3. The van der Waals surface area contributed by atoms with Gasteiger partial charge < -0.3 is 19.7 Å². The lowest BCUT2D eigenvalue weighted by Crippen LogP contribution is -2.36. The van der Waals surface area contributed by atoms with E-state index < -0.39 is 5.60 Å². The van der Waals surface area contributed by atoms with Crippen molar-refractivity contribution in [3.63, 3.8) is 0 Å². The number of aldehydes is 1. The summed E-state index contributed by atoms with van der Waals surface area (Å²) in [7, 11) is 1.50. The lowest BCUT2D eigenvalue weighted by Gasteiger charge is -2.41. The van der Waals surface area contributed by atoms with Gasteiger partial charge in [0.25, 0.3) is 0 Å². The van der Waals surface area contributed by atoms with Gasteiger partial charge >= 0.3 is 0 Å². The van der Waals surface area contributed by atoms with Crippen LogP contribution >= 0.6 is 0 Å². The molecule has 0 fully saturated rings. The smallest absolute Gasteiger partial charge is 0.155 e. The monoisotopic (exact) mass is 387 g/mol. The van der Waals surface area contributed by atoms with Crippen LogP contribution in [0.4, 0.5) is 0 Å². The van der Waals surface area contributed by atoms with Crippen molar-refractivity contribution in [2.24, 2.45) is 0 Å². The normalized spacial score (nSPS) is 16.9. The van der Waals surface area contributed by atoms with E-state index in [9.17, 15) is 20.3 Å². The first-order valence-electron chi connectivity index (χ1n) is 8.86. The molecule has 2 N–H and O–H groups in total. The molecule has 1 atom stereocenters. The number of nitrogens with zero attached hydrogens (tertiary/aromatic N) is 1. The highest BCUT2D eigenvalue weighted by Crippen LogP contribution is 2.56. The molecule has 0 bridgehead atoms. The Morgan fingerprint density at radius 2 is 1.66 bits per heavy atom. The minimum Gasteiger partial charge on any atom is -0.508 e. The number of carbonyl (C=O) groups is 1. The van der Waals surface area contributed by atoms with E-state index in [1.165, 1.54) is 19.2 Å². The van der Waals surface area contributed by atoms with Gasteiger partial charge in [-0.25, -0.2) is 0 Å². The van der Waals surface area contributed by atoms with Gasteiger partial charge in [0.05, 0.1) is 0 Å². The first kappa shape index (κ1) is 18.5. The van der Waals surface area contributed by atoms with E-state index in [0.717, 1.165) is 6.29 Å². The Morgan fingerprint density at radius 1 is 1.00 bits per heavy atom. The molecule has 0 amide bonds. The van der Waals surface area contributed by atoms with E-state index in [4.69, 9.17) is 9.47 Å². The second-order valence-electron chi connectivity index (χ2n) is 6.73. The third-order valence-electron chi connectivity index (χ3n) is 5.36. The second kappa shape index (κ2) is 6.66. The molecule has 6 heteroatoms. The summed E-state index contributed by atoms with van der Waals surface area (Å²) in [6.45, 7) is 1.68. The number of phenolic OH excluding ortho intramolecular Hbond substituents is 2. The topological polar surface area (TPSA) is 99.8 Å². The summed E-state index contributed by atoms with van der Waals surface area (Å²) in [6.07, 6.45) is 0.740. The molecule has 29 heavy (non-hydrogen) atoms. The molecular weight excluding hydrogens is 370 g/mol. The van der Waals surface area contributed by atoms with E-state index in [1.807, 2.05) is 6.07 Å². The molecule has 0 radical (unpaired) electrons. The van der Waals surface area contributed by atoms with Crippen LogP contribution in [0.1, 0.15) is 38.2 Å². The molecule has 4 rings (SSSR count). The predicted octanol–water partition coefficient (Wildman–Crippen LogP) is 4.13. The highest BCUT2D eigenvalue weighted by molar-refractivity contribution is 5.81. The van der Waals surface area contributed by atoms with Crippen molar-refractivity contribution in [1.29, 1.82) is 5.26 Å². The second-order valence-corrected chi connectivity index (χ2v) is 6.73. The third-order valence-corrected chi connectivity index (χ3v) is 5.36. The highest BCUT2D eigenvalue weighted by Gasteiger charge is 2.47. The fourth-order valence-corrected chi connectivity index (χ4v) is 3.94. The third kappa shape index (κ3) is 2.42. The summed E-state index contributed by atoms with van der Waals surface area (Å²) in [4.78, 5) is 11.8. The molecule has 1 heterocycles. The van der Waals surface area contributed by atoms with Gasteiger partial charge in [0.1, 0.15) is 35.2 Å². The molecule has 1 aliphatic heterocycles. The first-order chi connectivity index (χ1) is 14.0. The van der Waals surface area contributed by atoms with Crippen LogP contribution in [0.3, 0.4) is 0 Å². The largest absolute Gasteiger partial charge is 0.508 e. The number of benzene rings is 3. The molecule has 6 nitrogen and oxygen atoms in total. The van der Waals surface area contributed by atoms with Crippen molar-refractivity contribution in [2.75, 3.05) is 7.11 Å². The molecule has 144 valence electrons. The Kier molecular flexibility index (Phi) is 4.26. The summed E-state index contributed by atoms with van der Waals surface area (Å²) in [5, 5.41) is 30.1. The average molecular weight is 387 g/mol. The molecule has 0 aromatic heterocycles. The van der Waals surface area contributed by atoms with Crippen molar-refractivity contribution >= 4 is 6.29 Å². The maximum Gasteiger partial charge on any atom is 0.155 e. The summed E-state index contributed by atoms with van der Waals surface area (Å²) in [6, 6.07) is 15.2. The fraction of sp³-hybridized carbons (Fsp3) is 0.130. The first-order valence-corrected chi connectivity index (χ1v) is 8.86. The maximum atomic E-state index is 11.8. The SMILES string of the molecule is COC1(c2ccccc2C=O)c2ccc(O)c(C)c2Oc2c1ccc(O)c2C#N. The lowest BCUT2D eigenvalue weighted by molar-refractivity contribution is 0.0488. The van der Waals surface area contributed by atoms with Crippen LogP contribution in [0.25, 0.3) is 0 Å². The van der Waals surface area contributed by atoms with Gasteiger partial charge in [-0.2, -0.15) is 5.26 Å². The van der Waals surface area contributed by atoms with Crippen molar-refractivity contribution < 1.29 is 24.5 Å². The van der Waals surface area contributed by atoms with Gasteiger partial charge in [-0.05, 0) is 31.2 Å². The Labute approximate surface area is 167 Å². The van der Waals surface area contributed by atoms with Crippen LogP contribution < -0.4 is 4.74 Å². The van der Waals surface area contributed by atoms with E-state index in [1.54, 1.807) is 43.3 Å². The zero-order valence-electron chi connectivity index (χ0n) is 15.8. The van der Waals surface area contributed by atoms with Crippen LogP contribution in [0.5, 0.6) is 23.0 Å². The summed E-state index contributed by atoms with van der Waals surface area (Å²) < 4.78 is 12.1. The molecule has 0 spiro atoms. The van der Waals surface area contributed by atoms with Crippen molar-refractivity contribution in [3.8, 4) is 29.1 Å². The van der Waals surface area contributed by atoms with Gasteiger partial charge in [0, 0.05) is 34.9 Å². The average Bonchev–Trinajstić information content (AvgIpc) is 2.75. The quantitative estimate of drug-likeness (QED) is 0.656. The van der Waals surface area contributed by atoms with Crippen LogP contribution in [-0.2, 0) is 10.3 Å². The number of nitriles is 1. The van der Waals surface area contributed by atoms with E-state index in [2.05, 4.69) is 0 Å². The number of aromatic hydroxyl groups is 2. The number of hydrogen-bond acceptors (Lipinski definition) is 6. The number of methoxy groups -OCH3 is 1. The molecule has 1 aliphatic rings. The number of rotatable bonds is 3. The Balaban J connectivity index is 2.22. The predicted molar refractivity (Wildman–Crippen MR) is 104 cm³/mol. The van der Waals surface area contributed by atoms with Crippen molar-refractivity contribution in [2.45, 2.75) is 12.5 Å². The Bertz CT molecular complexity index is 1190. The highest BCUT2D eigenvalue weighted by atomic mass is 16.5. The number of phenols is 2. The number of fused-ring (bicyclic) bond motifs is 2. The zero-order valence-corrected chi connectivity index (χ0v) is 15.8. The molecule has 3 aromatic carbocycles. The lowest BCUT2D eigenvalue weighted by atomic mass is 9.75. The molecule has 0 saturated carbocycles. The van der Waals surface area contributed by atoms with Crippen LogP contribution in [-0.4, -0.2) is 23.6 Å². The van der Waals surface area contributed by atoms with Crippen LogP contribution in [0, 0.1) is 18.3 Å². The minimum absolute atomic E-state index is 0.0135. The van der Waals surface area contributed by atoms with Gasteiger partial charge in [-0.3, -0.25) is 4.79 Å². The Morgan fingerprint density at radius 3 is 2.31 bits per heavy atom. The Hall–Kier alpha value is -3.82. The van der Waals surface area contributed by atoms with Crippen LogP contribution in [0.15, 0.2) is 48.5 Å². The molecular formula is C23H17NO5. The minimum atomic E-state index is -1.29. The van der Waals surface area contributed by atoms with Gasteiger partial charge in [0.15, 0.2) is 11.4 Å². The van der Waals surface area contributed by atoms with Crippen molar-refractivity contribution in [1.82, 2.24) is 0 Å². The van der Waals surface area contributed by atoms with Crippen LogP contribution in [0.2, 0.25) is 0 Å².